The Labute approximate surface area is 107 Å². The van der Waals surface area contributed by atoms with Crippen LogP contribution in [-0.4, -0.2) is 36.8 Å². The van der Waals surface area contributed by atoms with E-state index in [0.717, 1.165) is 13.0 Å². The fraction of sp³-hybridized carbons (Fsp3) is 1.00. The van der Waals surface area contributed by atoms with Gasteiger partial charge < -0.3 is 5.73 Å². The van der Waals surface area contributed by atoms with Crippen molar-refractivity contribution in [2.45, 2.75) is 50.2 Å². The maximum Gasteiger partial charge on any atom is 0.391 e. The molecule has 2 nitrogen and oxygen atoms in total. The molecule has 18 heavy (non-hydrogen) atoms. The van der Waals surface area contributed by atoms with Gasteiger partial charge in [-0.15, -0.1) is 0 Å². The summed E-state index contributed by atoms with van der Waals surface area (Å²) < 4.78 is 38.7. The fourth-order valence-corrected chi connectivity index (χ4v) is 3.19. The topological polar surface area (TPSA) is 29.3 Å². The van der Waals surface area contributed by atoms with Crippen LogP contribution in [0.3, 0.4) is 0 Å². The maximum atomic E-state index is 12.9. The van der Waals surface area contributed by atoms with E-state index in [1.807, 2.05) is 7.05 Å². The van der Waals surface area contributed by atoms with Crippen LogP contribution in [0.15, 0.2) is 0 Å². The van der Waals surface area contributed by atoms with Crippen LogP contribution in [0.25, 0.3) is 0 Å². The molecule has 0 aromatic heterocycles. The van der Waals surface area contributed by atoms with Crippen molar-refractivity contribution in [2.75, 3.05) is 20.1 Å². The van der Waals surface area contributed by atoms with Crippen molar-refractivity contribution in [1.29, 1.82) is 0 Å². The molecular weight excluding hydrogens is 241 g/mol. The van der Waals surface area contributed by atoms with Crippen LogP contribution in [0.5, 0.6) is 0 Å². The summed E-state index contributed by atoms with van der Waals surface area (Å²) in [5, 5.41) is 0. The highest BCUT2D eigenvalue weighted by atomic mass is 19.4. The minimum absolute atomic E-state index is 0.177. The highest BCUT2D eigenvalue weighted by Crippen LogP contribution is 2.44. The van der Waals surface area contributed by atoms with Gasteiger partial charge in [0.15, 0.2) is 0 Å². The van der Waals surface area contributed by atoms with Gasteiger partial charge in [-0.1, -0.05) is 6.42 Å². The largest absolute Gasteiger partial charge is 0.391 e. The van der Waals surface area contributed by atoms with Gasteiger partial charge in [0.2, 0.25) is 0 Å². The molecule has 2 unspecified atom stereocenters. The maximum absolute atomic E-state index is 12.9. The zero-order valence-corrected chi connectivity index (χ0v) is 11.0. The zero-order valence-electron chi connectivity index (χ0n) is 11.0. The molecule has 2 fully saturated rings. The first-order valence-electron chi connectivity index (χ1n) is 6.85. The lowest BCUT2D eigenvalue weighted by Crippen LogP contribution is -2.56. The second kappa shape index (κ2) is 5.00. The number of hydrogen-bond donors (Lipinski definition) is 1. The second-order valence-electron chi connectivity index (χ2n) is 6.09. The first-order valence-corrected chi connectivity index (χ1v) is 6.85. The molecule has 0 saturated heterocycles. The number of nitrogens with zero attached hydrogens (tertiary/aromatic N) is 1. The third-order valence-electron chi connectivity index (χ3n) is 4.70. The minimum atomic E-state index is -4.07. The summed E-state index contributed by atoms with van der Waals surface area (Å²) in [7, 11) is 1.95. The van der Waals surface area contributed by atoms with Crippen molar-refractivity contribution in [3.8, 4) is 0 Å². The van der Waals surface area contributed by atoms with Crippen molar-refractivity contribution in [1.82, 2.24) is 4.90 Å². The molecule has 0 amide bonds. The first-order chi connectivity index (χ1) is 8.37. The molecule has 0 bridgehead atoms. The van der Waals surface area contributed by atoms with Gasteiger partial charge in [0.1, 0.15) is 0 Å². The molecule has 0 radical (unpaired) electrons. The van der Waals surface area contributed by atoms with E-state index < -0.39 is 17.6 Å². The zero-order chi connectivity index (χ0) is 13.4. The number of likely N-dealkylation sites (N-methyl/N-ethyl adjacent to an activating group) is 1. The van der Waals surface area contributed by atoms with Crippen molar-refractivity contribution < 1.29 is 13.2 Å². The van der Waals surface area contributed by atoms with E-state index in [1.165, 1.54) is 12.8 Å². The summed E-state index contributed by atoms with van der Waals surface area (Å²) in [5.74, 6) is -0.485. The normalized spacial score (nSPS) is 34.0. The Kier molecular flexibility index (Phi) is 3.93. The van der Waals surface area contributed by atoms with Crippen molar-refractivity contribution >= 4 is 0 Å². The van der Waals surface area contributed by atoms with Crippen LogP contribution in [0.1, 0.15) is 38.5 Å². The number of halogens is 3. The standard InChI is InChI=1S/C13H23F3N2/c1-18(8-10-4-5-10)12(9-17)6-2-3-11(7-12)13(14,15)16/h10-11H,2-9,17H2,1H3. The Morgan fingerprint density at radius 3 is 2.44 bits per heavy atom. The van der Waals surface area contributed by atoms with Gasteiger partial charge in [-0.2, -0.15) is 13.2 Å². The second-order valence-corrected chi connectivity index (χ2v) is 6.09. The number of rotatable bonds is 4. The van der Waals surface area contributed by atoms with Gasteiger partial charge in [0.05, 0.1) is 5.92 Å². The van der Waals surface area contributed by atoms with Crippen molar-refractivity contribution in [2.24, 2.45) is 17.6 Å². The average Bonchev–Trinajstić information content (AvgIpc) is 3.11. The molecule has 2 N–H and O–H groups in total. The minimum Gasteiger partial charge on any atom is -0.329 e. The third kappa shape index (κ3) is 2.99. The number of hydrogen-bond acceptors (Lipinski definition) is 2. The summed E-state index contributed by atoms with van der Waals surface area (Å²) in [5.41, 5.74) is 5.40. The van der Waals surface area contributed by atoms with Crippen LogP contribution >= 0.6 is 0 Å². The Bertz CT molecular complexity index is 288. The predicted molar refractivity (Wildman–Crippen MR) is 65.2 cm³/mol. The molecule has 2 aliphatic rings. The van der Waals surface area contributed by atoms with Crippen LogP contribution in [0.2, 0.25) is 0 Å². The van der Waals surface area contributed by atoms with E-state index >= 15 is 0 Å². The Morgan fingerprint density at radius 1 is 1.28 bits per heavy atom. The average molecular weight is 264 g/mol. The summed E-state index contributed by atoms with van der Waals surface area (Å²) in [6.45, 7) is 1.24. The Balaban J connectivity index is 2.05. The molecule has 0 aliphatic heterocycles. The molecule has 5 heteroatoms. The van der Waals surface area contributed by atoms with Crippen molar-refractivity contribution in [3.05, 3.63) is 0 Å². The van der Waals surface area contributed by atoms with Crippen LogP contribution in [-0.2, 0) is 0 Å². The van der Waals surface area contributed by atoms with Gasteiger partial charge in [-0.3, -0.25) is 4.90 Å². The number of alkyl halides is 3. The van der Waals surface area contributed by atoms with E-state index in [1.54, 1.807) is 0 Å². The summed E-state index contributed by atoms with van der Waals surface area (Å²) in [6.07, 6.45) is 0.247. The van der Waals surface area contributed by atoms with Crippen molar-refractivity contribution in [3.63, 3.8) is 0 Å². The lowest BCUT2D eigenvalue weighted by atomic mass is 9.74. The van der Waals surface area contributed by atoms with E-state index in [-0.39, 0.29) is 12.8 Å². The molecule has 0 aromatic carbocycles. The molecule has 0 aromatic rings. The summed E-state index contributed by atoms with van der Waals surface area (Å²) >= 11 is 0. The molecule has 0 heterocycles. The highest BCUT2D eigenvalue weighted by molar-refractivity contribution is 4.98. The molecule has 2 aliphatic carbocycles. The lowest BCUT2D eigenvalue weighted by molar-refractivity contribution is -0.193. The third-order valence-corrected chi connectivity index (χ3v) is 4.70. The Hall–Kier alpha value is -0.290. The van der Waals surface area contributed by atoms with Gasteiger partial charge in [0, 0.05) is 18.6 Å². The molecular formula is C13H23F3N2. The molecule has 106 valence electrons. The summed E-state index contributed by atoms with van der Waals surface area (Å²) in [4.78, 5) is 2.11. The Morgan fingerprint density at radius 2 is 1.94 bits per heavy atom. The van der Waals surface area contributed by atoms with Crippen LogP contribution < -0.4 is 5.73 Å². The molecule has 2 atom stereocenters. The highest BCUT2D eigenvalue weighted by Gasteiger charge is 2.49. The number of nitrogens with two attached hydrogens (primary N) is 1. The van der Waals surface area contributed by atoms with Gasteiger partial charge in [0.25, 0.3) is 0 Å². The lowest BCUT2D eigenvalue weighted by Gasteiger charge is -2.47. The van der Waals surface area contributed by atoms with Crippen LogP contribution in [0, 0.1) is 11.8 Å². The van der Waals surface area contributed by atoms with Crippen LogP contribution in [0.4, 0.5) is 13.2 Å². The van der Waals surface area contributed by atoms with Gasteiger partial charge in [-0.05, 0) is 45.1 Å². The van der Waals surface area contributed by atoms with Gasteiger partial charge in [-0.25, -0.2) is 0 Å². The monoisotopic (exact) mass is 264 g/mol. The summed E-state index contributed by atoms with van der Waals surface area (Å²) in [6, 6.07) is 0. The predicted octanol–water partition coefficient (Wildman–Crippen LogP) is 2.78. The quantitative estimate of drug-likeness (QED) is 0.846. The first kappa shape index (κ1) is 14.1. The van der Waals surface area contributed by atoms with E-state index in [9.17, 15) is 13.2 Å². The SMILES string of the molecule is CN(CC1CC1)C1(CN)CCCC(C(F)(F)F)C1. The molecule has 2 saturated carbocycles. The fourth-order valence-electron chi connectivity index (χ4n) is 3.19. The van der Waals surface area contributed by atoms with E-state index in [0.29, 0.717) is 18.9 Å². The smallest absolute Gasteiger partial charge is 0.329 e. The van der Waals surface area contributed by atoms with E-state index in [2.05, 4.69) is 4.90 Å². The molecule has 2 rings (SSSR count). The molecule has 0 spiro atoms. The van der Waals surface area contributed by atoms with E-state index in [4.69, 9.17) is 5.73 Å². The van der Waals surface area contributed by atoms with Gasteiger partial charge >= 0.3 is 6.18 Å².